The van der Waals surface area contributed by atoms with Gasteiger partial charge in [-0.15, -0.1) is 10.2 Å². The van der Waals surface area contributed by atoms with E-state index < -0.39 is 0 Å². The van der Waals surface area contributed by atoms with Crippen molar-refractivity contribution in [2.24, 2.45) is 0 Å². The molecule has 0 aliphatic carbocycles. The van der Waals surface area contributed by atoms with Crippen LogP contribution in [-0.4, -0.2) is 33.0 Å². The zero-order valence-electron chi connectivity index (χ0n) is 16.5. The number of methoxy groups -OCH3 is 1. The van der Waals surface area contributed by atoms with Crippen LogP contribution in [0.25, 0.3) is 5.69 Å². The first-order valence-corrected chi connectivity index (χ1v) is 9.91. The van der Waals surface area contributed by atoms with Gasteiger partial charge in [0.2, 0.25) is 5.91 Å². The van der Waals surface area contributed by atoms with Crippen LogP contribution in [0, 0.1) is 13.8 Å². The second-order valence-electron chi connectivity index (χ2n) is 6.56. The molecule has 7 heteroatoms. The summed E-state index contributed by atoms with van der Waals surface area (Å²) in [6.45, 7) is 6.40. The Morgan fingerprint density at radius 1 is 1.25 bits per heavy atom. The summed E-state index contributed by atoms with van der Waals surface area (Å²) >= 11 is 1.38. The number of thioether (sulfide) groups is 1. The van der Waals surface area contributed by atoms with Gasteiger partial charge in [-0.1, -0.05) is 47.7 Å². The van der Waals surface area contributed by atoms with Crippen molar-refractivity contribution in [3.8, 4) is 11.4 Å². The Bertz CT molecular complexity index is 971. The summed E-state index contributed by atoms with van der Waals surface area (Å²) in [6.07, 6.45) is 1.68. The number of carbonyl (C=O) groups is 1. The Morgan fingerprint density at radius 3 is 2.79 bits per heavy atom. The summed E-state index contributed by atoms with van der Waals surface area (Å²) in [5.41, 5.74) is 4.29. The molecule has 0 aliphatic heterocycles. The smallest absolute Gasteiger partial charge is 0.233 e. The van der Waals surface area contributed by atoms with Gasteiger partial charge in [0.1, 0.15) is 12.1 Å². The SMILES string of the molecule is COc1ccccc1CNC(=O)C(C)Sc1nncn1-c1ccc(C)cc1C. The Hall–Kier alpha value is -2.80. The summed E-state index contributed by atoms with van der Waals surface area (Å²) in [6, 6.07) is 13.9. The van der Waals surface area contributed by atoms with Crippen LogP contribution in [0.15, 0.2) is 53.9 Å². The van der Waals surface area contributed by atoms with Crippen LogP contribution >= 0.6 is 11.8 Å². The fraction of sp³-hybridized carbons (Fsp3) is 0.286. The first-order valence-electron chi connectivity index (χ1n) is 9.03. The number of benzene rings is 2. The number of nitrogens with zero attached hydrogens (tertiary/aromatic N) is 3. The summed E-state index contributed by atoms with van der Waals surface area (Å²) in [5.74, 6) is 0.698. The van der Waals surface area contributed by atoms with Crippen molar-refractivity contribution in [2.75, 3.05) is 7.11 Å². The lowest BCUT2D eigenvalue weighted by Crippen LogP contribution is -2.30. The third-order valence-corrected chi connectivity index (χ3v) is 5.48. The van der Waals surface area contributed by atoms with Crippen LogP contribution in [0.3, 0.4) is 0 Å². The number of ether oxygens (including phenoxy) is 1. The number of para-hydroxylation sites is 1. The third-order valence-electron chi connectivity index (χ3n) is 4.43. The molecule has 0 radical (unpaired) electrons. The monoisotopic (exact) mass is 396 g/mol. The van der Waals surface area contributed by atoms with Crippen LogP contribution in [0.4, 0.5) is 0 Å². The van der Waals surface area contributed by atoms with Gasteiger partial charge in [0.25, 0.3) is 0 Å². The van der Waals surface area contributed by atoms with Crippen molar-refractivity contribution >= 4 is 17.7 Å². The maximum Gasteiger partial charge on any atom is 0.233 e. The van der Waals surface area contributed by atoms with Crippen LogP contribution in [-0.2, 0) is 11.3 Å². The van der Waals surface area contributed by atoms with E-state index in [2.05, 4.69) is 41.5 Å². The lowest BCUT2D eigenvalue weighted by atomic mass is 10.1. The first-order chi connectivity index (χ1) is 13.5. The molecule has 1 N–H and O–H groups in total. The average molecular weight is 397 g/mol. The molecule has 146 valence electrons. The predicted octanol–water partition coefficient (Wildman–Crippen LogP) is 3.69. The number of hydrogen-bond acceptors (Lipinski definition) is 5. The molecule has 0 fully saturated rings. The van der Waals surface area contributed by atoms with Gasteiger partial charge >= 0.3 is 0 Å². The topological polar surface area (TPSA) is 69.0 Å². The molecule has 1 amide bonds. The summed E-state index contributed by atoms with van der Waals surface area (Å²) in [4.78, 5) is 12.6. The molecule has 2 aromatic carbocycles. The molecule has 6 nitrogen and oxygen atoms in total. The van der Waals surface area contributed by atoms with Crippen molar-refractivity contribution in [1.82, 2.24) is 20.1 Å². The zero-order chi connectivity index (χ0) is 20.1. The molecule has 0 spiro atoms. The molecule has 1 heterocycles. The minimum absolute atomic E-state index is 0.0638. The van der Waals surface area contributed by atoms with Crippen molar-refractivity contribution < 1.29 is 9.53 Å². The Balaban J connectivity index is 1.67. The van der Waals surface area contributed by atoms with E-state index in [4.69, 9.17) is 4.74 Å². The number of nitrogens with one attached hydrogen (secondary N) is 1. The molecule has 1 aromatic heterocycles. The van der Waals surface area contributed by atoms with Crippen LogP contribution < -0.4 is 10.1 Å². The van der Waals surface area contributed by atoms with E-state index in [0.29, 0.717) is 11.7 Å². The van der Waals surface area contributed by atoms with E-state index in [1.165, 1.54) is 17.3 Å². The lowest BCUT2D eigenvalue weighted by molar-refractivity contribution is -0.120. The van der Waals surface area contributed by atoms with Crippen LogP contribution in [0.2, 0.25) is 0 Å². The highest BCUT2D eigenvalue weighted by atomic mass is 32.2. The molecule has 0 bridgehead atoms. The number of carbonyl (C=O) groups excluding carboxylic acids is 1. The van der Waals surface area contributed by atoms with Gasteiger partial charge in [-0.3, -0.25) is 9.36 Å². The summed E-state index contributed by atoms with van der Waals surface area (Å²) in [5, 5.41) is 11.6. The fourth-order valence-electron chi connectivity index (χ4n) is 2.93. The highest BCUT2D eigenvalue weighted by molar-refractivity contribution is 8.00. The Labute approximate surface area is 169 Å². The van der Waals surface area contributed by atoms with Gasteiger partial charge in [-0.05, 0) is 38.5 Å². The van der Waals surface area contributed by atoms with Gasteiger partial charge in [0, 0.05) is 12.1 Å². The van der Waals surface area contributed by atoms with Gasteiger partial charge in [0.15, 0.2) is 5.16 Å². The lowest BCUT2D eigenvalue weighted by Gasteiger charge is -2.14. The summed E-state index contributed by atoms with van der Waals surface area (Å²) < 4.78 is 7.25. The normalized spacial score (nSPS) is 11.9. The molecule has 0 saturated heterocycles. The number of aryl methyl sites for hydroxylation is 2. The maximum absolute atomic E-state index is 12.6. The minimum Gasteiger partial charge on any atom is -0.496 e. The van der Waals surface area contributed by atoms with Gasteiger partial charge in [-0.25, -0.2) is 0 Å². The van der Waals surface area contributed by atoms with Crippen molar-refractivity contribution in [3.63, 3.8) is 0 Å². The quantitative estimate of drug-likeness (QED) is 0.617. The fourth-order valence-corrected chi connectivity index (χ4v) is 3.79. The van der Waals surface area contributed by atoms with Crippen molar-refractivity contribution in [2.45, 2.75) is 37.7 Å². The van der Waals surface area contributed by atoms with Crippen molar-refractivity contribution in [3.05, 3.63) is 65.5 Å². The Morgan fingerprint density at radius 2 is 2.04 bits per heavy atom. The molecule has 0 saturated carbocycles. The van der Waals surface area contributed by atoms with Crippen molar-refractivity contribution in [1.29, 1.82) is 0 Å². The molecular weight excluding hydrogens is 372 g/mol. The molecule has 28 heavy (non-hydrogen) atoms. The van der Waals surface area contributed by atoms with E-state index in [1.807, 2.05) is 41.8 Å². The molecule has 1 unspecified atom stereocenters. The minimum atomic E-state index is -0.316. The first kappa shape index (κ1) is 19.9. The van der Waals surface area contributed by atoms with E-state index in [-0.39, 0.29) is 11.2 Å². The van der Waals surface area contributed by atoms with Gasteiger partial charge in [-0.2, -0.15) is 0 Å². The maximum atomic E-state index is 12.6. The molecule has 3 rings (SSSR count). The molecule has 0 aliphatic rings. The van der Waals surface area contributed by atoms with Crippen LogP contribution in [0.1, 0.15) is 23.6 Å². The van der Waals surface area contributed by atoms with E-state index in [9.17, 15) is 4.79 Å². The number of rotatable bonds is 7. The molecule has 1 atom stereocenters. The van der Waals surface area contributed by atoms with E-state index >= 15 is 0 Å². The zero-order valence-corrected chi connectivity index (χ0v) is 17.3. The number of hydrogen-bond donors (Lipinski definition) is 1. The standard InChI is InChI=1S/C21H24N4O2S/c1-14-9-10-18(15(2)11-14)25-13-23-24-21(25)28-16(3)20(26)22-12-17-7-5-6-8-19(17)27-4/h5-11,13,16H,12H2,1-4H3,(H,22,26). The highest BCUT2D eigenvalue weighted by Crippen LogP contribution is 2.26. The number of amides is 1. The third kappa shape index (κ3) is 4.54. The largest absolute Gasteiger partial charge is 0.496 e. The Kier molecular flexibility index (Phi) is 6.36. The second kappa shape index (κ2) is 8.93. The molecular formula is C21H24N4O2S. The predicted molar refractivity (Wildman–Crippen MR) is 111 cm³/mol. The van der Waals surface area contributed by atoms with Gasteiger partial charge in [0.05, 0.1) is 18.0 Å². The highest BCUT2D eigenvalue weighted by Gasteiger charge is 2.19. The summed E-state index contributed by atoms with van der Waals surface area (Å²) in [7, 11) is 1.62. The second-order valence-corrected chi connectivity index (χ2v) is 7.87. The van der Waals surface area contributed by atoms with E-state index in [0.717, 1.165) is 22.6 Å². The van der Waals surface area contributed by atoms with Gasteiger partial charge < -0.3 is 10.1 Å². The van der Waals surface area contributed by atoms with Crippen LogP contribution in [0.5, 0.6) is 5.75 Å². The van der Waals surface area contributed by atoms with E-state index in [1.54, 1.807) is 13.4 Å². The number of aromatic nitrogens is 3. The average Bonchev–Trinajstić information content (AvgIpc) is 3.14. The molecule has 3 aromatic rings.